The third-order valence-electron chi connectivity index (χ3n) is 3.66. The van der Waals surface area contributed by atoms with Crippen LogP contribution in [0.15, 0.2) is 41.6 Å². The van der Waals surface area contributed by atoms with Crippen LogP contribution in [0.5, 0.6) is 0 Å². The van der Waals surface area contributed by atoms with Crippen LogP contribution in [0.2, 0.25) is 0 Å². The number of nitro benzene ring substituents is 1. The average Bonchev–Trinajstić information content (AvgIpc) is 2.98. The minimum atomic E-state index is -0.454. The molecule has 0 atom stereocenters. The molecule has 0 radical (unpaired) electrons. The number of nitrogens with zero attached hydrogens (tertiary/aromatic N) is 2. The molecule has 0 saturated carbocycles. The van der Waals surface area contributed by atoms with Crippen molar-refractivity contribution in [2.75, 3.05) is 11.1 Å². The number of hydrogen-bond donors (Lipinski definition) is 2. The number of aromatic nitrogens is 2. The van der Waals surface area contributed by atoms with Gasteiger partial charge in [0.2, 0.25) is 5.91 Å². The highest BCUT2D eigenvalue weighted by Crippen LogP contribution is 2.23. The Bertz CT molecular complexity index is 968. The Morgan fingerprint density at radius 2 is 2.08 bits per heavy atom. The second-order valence-corrected chi connectivity index (χ2v) is 6.62. The summed E-state index contributed by atoms with van der Waals surface area (Å²) in [7, 11) is 0. The van der Waals surface area contributed by atoms with Crippen LogP contribution in [0.4, 0.5) is 11.4 Å². The molecule has 0 unspecified atom stereocenters. The van der Waals surface area contributed by atoms with E-state index in [1.807, 2.05) is 32.0 Å². The van der Waals surface area contributed by atoms with Crippen molar-refractivity contribution in [3.05, 3.63) is 57.6 Å². The van der Waals surface area contributed by atoms with Crippen molar-refractivity contribution < 1.29 is 9.72 Å². The maximum absolute atomic E-state index is 12.1. The van der Waals surface area contributed by atoms with E-state index in [0.29, 0.717) is 16.2 Å². The van der Waals surface area contributed by atoms with Gasteiger partial charge >= 0.3 is 0 Å². The van der Waals surface area contributed by atoms with Gasteiger partial charge in [0.05, 0.1) is 21.7 Å². The molecule has 3 rings (SSSR count). The Hall–Kier alpha value is -2.87. The van der Waals surface area contributed by atoms with Gasteiger partial charge in [-0.05, 0) is 37.1 Å². The highest BCUT2D eigenvalue weighted by molar-refractivity contribution is 7.99. The number of aromatic amines is 1. The fourth-order valence-corrected chi connectivity index (χ4v) is 3.03. The van der Waals surface area contributed by atoms with E-state index in [1.54, 1.807) is 6.07 Å². The minimum absolute atomic E-state index is 0.000339. The van der Waals surface area contributed by atoms with Crippen molar-refractivity contribution in [2.45, 2.75) is 19.0 Å². The molecule has 0 aliphatic heterocycles. The average molecular weight is 356 g/mol. The lowest BCUT2D eigenvalue weighted by Crippen LogP contribution is -2.15. The lowest BCUT2D eigenvalue weighted by atomic mass is 10.1. The first kappa shape index (κ1) is 17.0. The SMILES string of the molecule is Cc1ccc(C)c(NC(=O)CSc2nc3ccc([N+](=O)[O-])cc3[nH]2)c1. The molecule has 1 aromatic heterocycles. The Labute approximate surface area is 148 Å². The van der Waals surface area contributed by atoms with Crippen molar-refractivity contribution in [3.63, 3.8) is 0 Å². The van der Waals surface area contributed by atoms with E-state index in [0.717, 1.165) is 16.8 Å². The smallest absolute Gasteiger partial charge is 0.271 e. The van der Waals surface area contributed by atoms with Crippen LogP contribution >= 0.6 is 11.8 Å². The minimum Gasteiger partial charge on any atom is -0.333 e. The van der Waals surface area contributed by atoms with Crippen molar-refractivity contribution in [1.29, 1.82) is 0 Å². The molecule has 0 bridgehead atoms. The van der Waals surface area contributed by atoms with Gasteiger partial charge in [-0.2, -0.15) is 0 Å². The molecule has 2 aromatic carbocycles. The van der Waals surface area contributed by atoms with Crippen LogP contribution in [0.1, 0.15) is 11.1 Å². The van der Waals surface area contributed by atoms with E-state index >= 15 is 0 Å². The van der Waals surface area contributed by atoms with Gasteiger partial charge in [-0.15, -0.1) is 0 Å². The van der Waals surface area contributed by atoms with Crippen molar-refractivity contribution in [2.24, 2.45) is 0 Å². The first-order chi connectivity index (χ1) is 11.9. The molecule has 0 aliphatic rings. The van der Waals surface area contributed by atoms with E-state index in [-0.39, 0.29) is 17.3 Å². The third kappa shape index (κ3) is 3.97. The van der Waals surface area contributed by atoms with E-state index in [1.165, 1.54) is 23.9 Å². The molecule has 0 aliphatic carbocycles. The highest BCUT2D eigenvalue weighted by Gasteiger charge is 2.11. The molecule has 2 N–H and O–H groups in total. The molecule has 25 heavy (non-hydrogen) atoms. The summed E-state index contributed by atoms with van der Waals surface area (Å²) in [6.07, 6.45) is 0. The van der Waals surface area contributed by atoms with E-state index in [4.69, 9.17) is 0 Å². The Balaban J connectivity index is 1.66. The normalized spacial score (nSPS) is 10.8. The first-order valence-corrected chi connectivity index (χ1v) is 8.55. The molecule has 0 spiro atoms. The van der Waals surface area contributed by atoms with Gasteiger partial charge in [-0.1, -0.05) is 23.9 Å². The standard InChI is InChI=1S/C17H16N4O3S/c1-10-3-4-11(2)14(7-10)18-16(22)9-25-17-19-13-6-5-12(21(23)24)8-15(13)20-17/h3-8H,9H2,1-2H3,(H,18,22)(H,19,20). The maximum Gasteiger partial charge on any atom is 0.271 e. The summed E-state index contributed by atoms with van der Waals surface area (Å²) in [4.78, 5) is 29.8. The number of benzene rings is 2. The summed E-state index contributed by atoms with van der Waals surface area (Å²) in [6.45, 7) is 3.91. The summed E-state index contributed by atoms with van der Waals surface area (Å²) < 4.78 is 0. The van der Waals surface area contributed by atoms with Crippen molar-refractivity contribution in [3.8, 4) is 0 Å². The van der Waals surface area contributed by atoms with Crippen LogP contribution in [-0.2, 0) is 4.79 Å². The lowest BCUT2D eigenvalue weighted by molar-refractivity contribution is -0.384. The van der Waals surface area contributed by atoms with Gasteiger partial charge in [0.25, 0.3) is 5.69 Å². The summed E-state index contributed by atoms with van der Waals surface area (Å²) >= 11 is 1.25. The number of rotatable bonds is 5. The molecule has 8 heteroatoms. The Morgan fingerprint density at radius 1 is 1.28 bits per heavy atom. The number of H-pyrrole nitrogens is 1. The number of non-ortho nitro benzene ring substituents is 1. The monoisotopic (exact) mass is 356 g/mol. The molecule has 7 nitrogen and oxygen atoms in total. The van der Waals surface area contributed by atoms with Gasteiger partial charge in [0, 0.05) is 17.8 Å². The van der Waals surface area contributed by atoms with Crippen LogP contribution in [0.25, 0.3) is 11.0 Å². The summed E-state index contributed by atoms with van der Waals surface area (Å²) in [6, 6.07) is 10.3. The first-order valence-electron chi connectivity index (χ1n) is 7.56. The summed E-state index contributed by atoms with van der Waals surface area (Å²) in [5, 5.41) is 14.2. The van der Waals surface area contributed by atoms with Gasteiger partial charge in [0.1, 0.15) is 0 Å². The Kier molecular flexibility index (Phi) is 4.71. The zero-order valence-corrected chi connectivity index (χ0v) is 14.5. The van der Waals surface area contributed by atoms with E-state index in [9.17, 15) is 14.9 Å². The number of nitro groups is 1. The number of carbonyl (C=O) groups is 1. The number of amides is 1. The lowest BCUT2D eigenvalue weighted by Gasteiger charge is -2.08. The number of anilines is 1. The Morgan fingerprint density at radius 3 is 2.84 bits per heavy atom. The molecule has 1 amide bonds. The number of nitrogens with one attached hydrogen (secondary N) is 2. The predicted molar refractivity (Wildman–Crippen MR) is 98.0 cm³/mol. The zero-order valence-electron chi connectivity index (χ0n) is 13.7. The topological polar surface area (TPSA) is 101 Å². The predicted octanol–water partition coefficient (Wildman–Crippen LogP) is 3.82. The summed E-state index contributed by atoms with van der Waals surface area (Å²) in [5.41, 5.74) is 4.08. The molecular weight excluding hydrogens is 340 g/mol. The molecule has 1 heterocycles. The number of imidazole rings is 1. The number of fused-ring (bicyclic) bond motifs is 1. The second-order valence-electron chi connectivity index (χ2n) is 5.66. The molecular formula is C17H16N4O3S. The summed E-state index contributed by atoms with van der Waals surface area (Å²) in [5.74, 6) is 0.0556. The van der Waals surface area contributed by atoms with Crippen LogP contribution < -0.4 is 5.32 Å². The number of carbonyl (C=O) groups excluding carboxylic acids is 1. The van der Waals surface area contributed by atoms with Crippen LogP contribution in [-0.4, -0.2) is 26.6 Å². The van der Waals surface area contributed by atoms with Gasteiger partial charge < -0.3 is 10.3 Å². The van der Waals surface area contributed by atoms with Gasteiger partial charge in [-0.3, -0.25) is 14.9 Å². The van der Waals surface area contributed by atoms with Crippen molar-refractivity contribution >= 4 is 40.1 Å². The maximum atomic E-state index is 12.1. The van der Waals surface area contributed by atoms with Gasteiger partial charge in [0.15, 0.2) is 5.16 Å². The number of aryl methyl sites for hydroxylation is 2. The molecule has 0 saturated heterocycles. The van der Waals surface area contributed by atoms with Gasteiger partial charge in [-0.25, -0.2) is 4.98 Å². The van der Waals surface area contributed by atoms with Crippen molar-refractivity contribution in [1.82, 2.24) is 9.97 Å². The van der Waals surface area contributed by atoms with Crippen LogP contribution in [0, 0.1) is 24.0 Å². The fourth-order valence-electron chi connectivity index (χ4n) is 2.35. The number of hydrogen-bond acceptors (Lipinski definition) is 5. The van der Waals surface area contributed by atoms with E-state index < -0.39 is 4.92 Å². The van der Waals surface area contributed by atoms with E-state index in [2.05, 4.69) is 15.3 Å². The molecule has 0 fully saturated rings. The molecule has 128 valence electrons. The quantitative estimate of drug-likeness (QED) is 0.411. The third-order valence-corrected chi connectivity index (χ3v) is 4.54. The highest BCUT2D eigenvalue weighted by atomic mass is 32.2. The van der Waals surface area contributed by atoms with Crippen LogP contribution in [0.3, 0.4) is 0 Å². The fraction of sp³-hybridized carbons (Fsp3) is 0.176. The zero-order chi connectivity index (χ0) is 18.0. The molecule has 3 aromatic rings. The number of thioether (sulfide) groups is 1. The largest absolute Gasteiger partial charge is 0.333 e. The second kappa shape index (κ2) is 6.94.